The van der Waals surface area contributed by atoms with Gasteiger partial charge in [0.1, 0.15) is 5.75 Å². The molecule has 174 valence electrons. The van der Waals surface area contributed by atoms with Gasteiger partial charge in [-0.1, -0.05) is 85.5 Å². The average molecular weight is 460 g/mol. The maximum absolute atomic E-state index is 10.3. The molecule has 1 aliphatic rings. The molecule has 1 aromatic heterocycles. The molecule has 0 saturated heterocycles. The van der Waals surface area contributed by atoms with Crippen LogP contribution in [0.5, 0.6) is 5.75 Å². The van der Waals surface area contributed by atoms with Gasteiger partial charge in [-0.3, -0.25) is 0 Å². The predicted octanol–water partition coefficient (Wildman–Crippen LogP) is 8.51. The normalized spacial score (nSPS) is 13.4. The largest absolute Gasteiger partial charge is 0.516 e. The molecule has 5 rings (SSSR count). The van der Waals surface area contributed by atoms with Crippen molar-refractivity contribution in [2.24, 2.45) is 0 Å². The van der Waals surface area contributed by atoms with E-state index in [1.165, 1.54) is 16.5 Å². The summed E-state index contributed by atoms with van der Waals surface area (Å²) in [5.41, 5.74) is 7.38. The molecule has 1 aliphatic carbocycles. The number of phenolic OH excluding ortho intramolecular Hbond substituents is 1. The highest BCUT2D eigenvalue weighted by Gasteiger charge is 2.12. The van der Waals surface area contributed by atoms with Crippen molar-refractivity contribution in [1.29, 1.82) is 0 Å². The summed E-state index contributed by atoms with van der Waals surface area (Å²) >= 11 is 0. The summed E-state index contributed by atoms with van der Waals surface area (Å²) in [5.74, 6) is 0.287. The van der Waals surface area contributed by atoms with Crippen molar-refractivity contribution in [3.8, 4) is 16.9 Å². The minimum Gasteiger partial charge on any atom is -0.516 e. The molecule has 0 saturated carbocycles. The average Bonchev–Trinajstić information content (AvgIpc) is 3.39. The fourth-order valence-corrected chi connectivity index (χ4v) is 4.05. The number of aromatic hydroxyl groups is 1. The molecule has 3 nitrogen and oxygen atoms in total. The smallest absolute Gasteiger partial charge is 0.123 e. The Hall–Kier alpha value is -4.50. The lowest BCUT2D eigenvalue weighted by Crippen LogP contribution is -1.95. The van der Waals surface area contributed by atoms with Crippen molar-refractivity contribution in [3.05, 3.63) is 145 Å². The molecule has 0 bridgehead atoms. The highest BCUT2D eigenvalue weighted by Crippen LogP contribution is 2.35. The van der Waals surface area contributed by atoms with Crippen LogP contribution in [-0.4, -0.2) is 15.2 Å². The number of aliphatic hydroxyl groups excluding tert-OH is 1. The molecule has 0 radical (unpaired) electrons. The summed E-state index contributed by atoms with van der Waals surface area (Å²) in [6.07, 6.45) is 14.4. The van der Waals surface area contributed by atoms with Gasteiger partial charge in [0.15, 0.2) is 0 Å². The SMILES string of the molecule is C=C(/C=C\C=C/O)C1=CCCC(c2ccc(O)c(-c3ccccc3)c2)=C1.c1ccc2[nH]ccc2c1. The number of para-hydroxylation sites is 1. The fraction of sp³-hybridized carbons (Fsp3) is 0.0625. The first kappa shape index (κ1) is 23.7. The number of aromatic amines is 1. The molecule has 0 fully saturated rings. The number of allylic oxidation sites excluding steroid dienone is 8. The molecule has 0 amide bonds. The van der Waals surface area contributed by atoms with Gasteiger partial charge in [0, 0.05) is 17.3 Å². The van der Waals surface area contributed by atoms with Crippen LogP contribution in [0.15, 0.2) is 139 Å². The zero-order chi connectivity index (χ0) is 24.5. The third-order valence-corrected chi connectivity index (χ3v) is 5.89. The molecule has 3 aromatic carbocycles. The van der Waals surface area contributed by atoms with E-state index in [9.17, 15) is 5.11 Å². The van der Waals surface area contributed by atoms with Crippen LogP contribution in [0.25, 0.3) is 27.6 Å². The number of benzene rings is 3. The second-order valence-corrected chi connectivity index (χ2v) is 8.26. The Labute approximate surface area is 206 Å². The molecule has 3 N–H and O–H groups in total. The van der Waals surface area contributed by atoms with E-state index in [-0.39, 0.29) is 5.75 Å². The second-order valence-electron chi connectivity index (χ2n) is 8.26. The molecular weight excluding hydrogens is 430 g/mol. The van der Waals surface area contributed by atoms with Crippen LogP contribution in [0.1, 0.15) is 18.4 Å². The lowest BCUT2D eigenvalue weighted by Gasteiger charge is -2.16. The Bertz CT molecular complexity index is 1390. The molecular formula is C32H29NO2. The van der Waals surface area contributed by atoms with E-state index in [1.54, 1.807) is 18.2 Å². The molecule has 35 heavy (non-hydrogen) atoms. The third-order valence-electron chi connectivity index (χ3n) is 5.89. The van der Waals surface area contributed by atoms with Crippen molar-refractivity contribution < 1.29 is 10.2 Å². The number of aliphatic hydroxyl groups is 1. The summed E-state index contributed by atoms with van der Waals surface area (Å²) in [7, 11) is 0. The van der Waals surface area contributed by atoms with Crippen molar-refractivity contribution in [2.45, 2.75) is 12.8 Å². The van der Waals surface area contributed by atoms with Gasteiger partial charge in [-0.2, -0.15) is 0 Å². The number of aromatic nitrogens is 1. The topological polar surface area (TPSA) is 56.2 Å². The summed E-state index contributed by atoms with van der Waals surface area (Å²) in [6, 6.07) is 26.0. The molecule has 0 unspecified atom stereocenters. The zero-order valence-corrected chi connectivity index (χ0v) is 19.6. The number of phenols is 1. The number of hydrogen-bond acceptors (Lipinski definition) is 2. The molecule has 0 spiro atoms. The number of hydrogen-bond donors (Lipinski definition) is 3. The number of rotatable bonds is 5. The van der Waals surface area contributed by atoms with Crippen LogP contribution in [-0.2, 0) is 0 Å². The van der Waals surface area contributed by atoms with Gasteiger partial charge in [0.2, 0.25) is 0 Å². The number of H-pyrrole nitrogens is 1. The standard InChI is InChI=1S/C24H22O2.C8H7N/c1-18(8-5-6-15-25)20-11-7-12-21(16-20)22-13-14-24(26)23(17-22)19-9-3-2-4-10-19;1-2-4-8-7(3-1)5-6-9-8/h2-6,8-11,13-17,25-26H,1,7,12H2;1-6,9H/b8-5-,15-6-;. The van der Waals surface area contributed by atoms with E-state index in [1.807, 2.05) is 66.9 Å². The highest BCUT2D eigenvalue weighted by molar-refractivity contribution is 5.79. The molecule has 0 aliphatic heterocycles. The lowest BCUT2D eigenvalue weighted by atomic mass is 9.89. The van der Waals surface area contributed by atoms with Crippen molar-refractivity contribution in [2.75, 3.05) is 0 Å². The van der Waals surface area contributed by atoms with Crippen molar-refractivity contribution in [3.63, 3.8) is 0 Å². The minimum absolute atomic E-state index is 0.287. The van der Waals surface area contributed by atoms with E-state index in [0.717, 1.165) is 46.9 Å². The Morgan fingerprint density at radius 2 is 1.69 bits per heavy atom. The van der Waals surface area contributed by atoms with E-state index in [0.29, 0.717) is 0 Å². The Balaban J connectivity index is 0.000000266. The Morgan fingerprint density at radius 3 is 2.49 bits per heavy atom. The van der Waals surface area contributed by atoms with Gasteiger partial charge in [0.05, 0.1) is 6.26 Å². The van der Waals surface area contributed by atoms with Gasteiger partial charge in [0.25, 0.3) is 0 Å². The molecule has 0 atom stereocenters. The third kappa shape index (κ3) is 6.10. The fourth-order valence-electron chi connectivity index (χ4n) is 4.05. The summed E-state index contributed by atoms with van der Waals surface area (Å²) < 4.78 is 0. The minimum atomic E-state index is 0.287. The van der Waals surface area contributed by atoms with Crippen LogP contribution < -0.4 is 0 Å². The van der Waals surface area contributed by atoms with Gasteiger partial charge in [-0.05, 0) is 76.4 Å². The zero-order valence-electron chi connectivity index (χ0n) is 19.6. The van der Waals surface area contributed by atoms with Gasteiger partial charge in [-0.15, -0.1) is 0 Å². The Morgan fingerprint density at radius 1 is 0.886 bits per heavy atom. The van der Waals surface area contributed by atoms with E-state index < -0.39 is 0 Å². The van der Waals surface area contributed by atoms with Crippen LogP contribution in [0.3, 0.4) is 0 Å². The van der Waals surface area contributed by atoms with Crippen LogP contribution in [0, 0.1) is 0 Å². The maximum Gasteiger partial charge on any atom is 0.123 e. The summed E-state index contributed by atoms with van der Waals surface area (Å²) in [5, 5.41) is 20.3. The van der Waals surface area contributed by atoms with Crippen molar-refractivity contribution >= 4 is 16.5 Å². The van der Waals surface area contributed by atoms with Gasteiger partial charge < -0.3 is 15.2 Å². The lowest BCUT2D eigenvalue weighted by molar-refractivity contribution is 0.473. The van der Waals surface area contributed by atoms with Crippen molar-refractivity contribution in [1.82, 2.24) is 4.98 Å². The molecule has 1 heterocycles. The molecule has 4 aromatic rings. The predicted molar refractivity (Wildman–Crippen MR) is 147 cm³/mol. The maximum atomic E-state index is 10.3. The molecule has 3 heteroatoms. The summed E-state index contributed by atoms with van der Waals surface area (Å²) in [6.45, 7) is 4.10. The summed E-state index contributed by atoms with van der Waals surface area (Å²) in [4.78, 5) is 3.12. The van der Waals surface area contributed by atoms with E-state index >= 15 is 0 Å². The second kappa shape index (κ2) is 11.6. The number of nitrogens with one attached hydrogen (secondary N) is 1. The first-order valence-electron chi connectivity index (χ1n) is 11.6. The van der Waals surface area contributed by atoms with Crippen LogP contribution >= 0.6 is 0 Å². The van der Waals surface area contributed by atoms with E-state index in [2.05, 4.69) is 41.9 Å². The first-order chi connectivity index (χ1) is 17.2. The number of fused-ring (bicyclic) bond motifs is 1. The van der Waals surface area contributed by atoms with E-state index in [4.69, 9.17) is 5.11 Å². The van der Waals surface area contributed by atoms with Gasteiger partial charge >= 0.3 is 0 Å². The quantitative estimate of drug-likeness (QED) is 0.207. The van der Waals surface area contributed by atoms with Crippen LogP contribution in [0.4, 0.5) is 0 Å². The highest BCUT2D eigenvalue weighted by atomic mass is 16.3. The Kier molecular flexibility index (Phi) is 7.82. The van der Waals surface area contributed by atoms with Crippen LogP contribution in [0.2, 0.25) is 0 Å². The first-order valence-corrected chi connectivity index (χ1v) is 11.6. The van der Waals surface area contributed by atoms with Gasteiger partial charge in [-0.25, -0.2) is 0 Å². The monoisotopic (exact) mass is 459 g/mol.